The summed E-state index contributed by atoms with van der Waals surface area (Å²) in [7, 11) is 1.53. The Balaban J connectivity index is 2.78. The third kappa shape index (κ3) is 2.62. The molecule has 0 aliphatic rings. The number of aromatic nitrogens is 1. The standard InChI is InChI=1S/C15H19FN2O/c1-5-17-13-8-12(9(2)3)18-15-11(13)6-10(16)7-14(15)19-4/h6-9H,5H2,1-4H3,(H,17,18). The highest BCUT2D eigenvalue weighted by atomic mass is 19.1. The average Bonchev–Trinajstić information content (AvgIpc) is 2.38. The molecule has 1 aromatic carbocycles. The molecule has 0 bridgehead atoms. The fraction of sp³-hybridized carbons (Fsp3) is 0.400. The highest BCUT2D eigenvalue weighted by molar-refractivity contribution is 5.95. The molecule has 3 nitrogen and oxygen atoms in total. The Bertz CT molecular complexity index is 596. The Morgan fingerprint density at radius 2 is 2.05 bits per heavy atom. The van der Waals surface area contributed by atoms with Crippen LogP contribution in [0.4, 0.5) is 10.1 Å². The molecule has 1 N–H and O–H groups in total. The molecule has 4 heteroatoms. The summed E-state index contributed by atoms with van der Waals surface area (Å²) in [5, 5.41) is 4.01. The summed E-state index contributed by atoms with van der Waals surface area (Å²) in [5.74, 6) is 0.454. The van der Waals surface area contributed by atoms with E-state index in [0.29, 0.717) is 17.2 Å². The number of benzene rings is 1. The van der Waals surface area contributed by atoms with E-state index in [2.05, 4.69) is 24.1 Å². The van der Waals surface area contributed by atoms with E-state index < -0.39 is 0 Å². The minimum Gasteiger partial charge on any atom is -0.494 e. The fourth-order valence-electron chi connectivity index (χ4n) is 2.07. The summed E-state index contributed by atoms with van der Waals surface area (Å²) in [4.78, 5) is 4.60. The van der Waals surface area contributed by atoms with Crippen molar-refractivity contribution in [2.45, 2.75) is 26.7 Å². The molecule has 102 valence electrons. The first-order valence-corrected chi connectivity index (χ1v) is 6.48. The van der Waals surface area contributed by atoms with Gasteiger partial charge in [0.05, 0.1) is 7.11 Å². The third-order valence-corrected chi connectivity index (χ3v) is 3.04. The van der Waals surface area contributed by atoms with Crippen molar-refractivity contribution in [3.63, 3.8) is 0 Å². The quantitative estimate of drug-likeness (QED) is 0.906. The van der Waals surface area contributed by atoms with Crippen molar-refractivity contribution < 1.29 is 9.13 Å². The fourth-order valence-corrected chi connectivity index (χ4v) is 2.07. The van der Waals surface area contributed by atoms with E-state index in [9.17, 15) is 4.39 Å². The van der Waals surface area contributed by atoms with Crippen molar-refractivity contribution in [1.29, 1.82) is 0 Å². The van der Waals surface area contributed by atoms with Crippen LogP contribution >= 0.6 is 0 Å². The lowest BCUT2D eigenvalue weighted by molar-refractivity contribution is 0.415. The van der Waals surface area contributed by atoms with E-state index >= 15 is 0 Å². The molecule has 19 heavy (non-hydrogen) atoms. The van der Waals surface area contributed by atoms with Crippen molar-refractivity contribution in [1.82, 2.24) is 4.98 Å². The van der Waals surface area contributed by atoms with Gasteiger partial charge in [-0.25, -0.2) is 9.37 Å². The number of rotatable bonds is 4. The summed E-state index contributed by atoms with van der Waals surface area (Å²) in [6.07, 6.45) is 0. The van der Waals surface area contributed by atoms with Crippen LogP contribution in [0.15, 0.2) is 18.2 Å². The van der Waals surface area contributed by atoms with E-state index in [1.165, 1.54) is 19.2 Å². The van der Waals surface area contributed by atoms with Gasteiger partial charge >= 0.3 is 0 Å². The summed E-state index contributed by atoms with van der Waals surface area (Å²) < 4.78 is 18.9. The van der Waals surface area contributed by atoms with Gasteiger partial charge in [0.2, 0.25) is 0 Å². The highest BCUT2D eigenvalue weighted by Gasteiger charge is 2.13. The lowest BCUT2D eigenvalue weighted by Gasteiger charge is -2.14. The number of hydrogen-bond donors (Lipinski definition) is 1. The van der Waals surface area contributed by atoms with E-state index in [4.69, 9.17) is 4.74 Å². The number of halogens is 1. The van der Waals surface area contributed by atoms with Crippen LogP contribution in [-0.4, -0.2) is 18.6 Å². The van der Waals surface area contributed by atoms with Gasteiger partial charge in [0.25, 0.3) is 0 Å². The maximum atomic E-state index is 13.6. The number of nitrogens with zero attached hydrogens (tertiary/aromatic N) is 1. The molecule has 0 saturated carbocycles. The summed E-state index contributed by atoms with van der Waals surface area (Å²) in [6, 6.07) is 4.84. The molecule has 0 radical (unpaired) electrons. The first-order valence-electron chi connectivity index (χ1n) is 6.48. The maximum absolute atomic E-state index is 13.6. The van der Waals surface area contributed by atoms with Crippen LogP contribution in [0.5, 0.6) is 5.75 Å². The topological polar surface area (TPSA) is 34.2 Å². The molecule has 0 amide bonds. The minimum absolute atomic E-state index is 0.302. The second kappa shape index (κ2) is 5.43. The lowest BCUT2D eigenvalue weighted by atomic mass is 10.1. The summed E-state index contributed by atoms with van der Waals surface area (Å²) >= 11 is 0. The molecule has 0 fully saturated rings. The Morgan fingerprint density at radius 3 is 2.63 bits per heavy atom. The molecule has 1 aromatic heterocycles. The average molecular weight is 262 g/mol. The van der Waals surface area contributed by atoms with Crippen molar-refractivity contribution >= 4 is 16.6 Å². The number of hydrogen-bond acceptors (Lipinski definition) is 3. The number of anilines is 1. The van der Waals surface area contributed by atoms with Crippen LogP contribution in [0.25, 0.3) is 10.9 Å². The van der Waals surface area contributed by atoms with Gasteiger partial charge in [0, 0.05) is 29.4 Å². The normalized spacial score (nSPS) is 11.1. The molecule has 0 aliphatic carbocycles. The lowest BCUT2D eigenvalue weighted by Crippen LogP contribution is -2.03. The van der Waals surface area contributed by atoms with Gasteiger partial charge in [-0.1, -0.05) is 13.8 Å². The van der Waals surface area contributed by atoms with Crippen LogP contribution in [0.2, 0.25) is 0 Å². The zero-order chi connectivity index (χ0) is 14.0. The zero-order valence-electron chi connectivity index (χ0n) is 11.7. The number of ether oxygens (including phenoxy) is 1. The molecule has 0 aliphatic heterocycles. The van der Waals surface area contributed by atoms with Crippen LogP contribution < -0.4 is 10.1 Å². The number of methoxy groups -OCH3 is 1. The van der Waals surface area contributed by atoms with Gasteiger partial charge in [0.15, 0.2) is 0 Å². The van der Waals surface area contributed by atoms with Gasteiger partial charge in [-0.2, -0.15) is 0 Å². The van der Waals surface area contributed by atoms with Gasteiger partial charge < -0.3 is 10.1 Å². The van der Waals surface area contributed by atoms with Crippen LogP contribution in [0, 0.1) is 5.82 Å². The van der Waals surface area contributed by atoms with E-state index in [1.54, 1.807) is 0 Å². The van der Waals surface area contributed by atoms with Crippen LogP contribution in [0.3, 0.4) is 0 Å². The third-order valence-electron chi connectivity index (χ3n) is 3.04. The van der Waals surface area contributed by atoms with Gasteiger partial charge in [-0.15, -0.1) is 0 Å². The summed E-state index contributed by atoms with van der Waals surface area (Å²) in [6.45, 7) is 6.95. The van der Waals surface area contributed by atoms with Gasteiger partial charge in [0.1, 0.15) is 17.1 Å². The van der Waals surface area contributed by atoms with E-state index in [1.807, 2.05) is 13.0 Å². The van der Waals surface area contributed by atoms with E-state index in [-0.39, 0.29) is 5.82 Å². The number of nitrogens with one attached hydrogen (secondary N) is 1. The smallest absolute Gasteiger partial charge is 0.148 e. The monoisotopic (exact) mass is 262 g/mol. The molecule has 1 heterocycles. The molecule has 0 atom stereocenters. The van der Waals surface area contributed by atoms with Crippen LogP contribution in [-0.2, 0) is 0 Å². The molecule has 0 saturated heterocycles. The Labute approximate surface area is 112 Å². The van der Waals surface area contributed by atoms with Gasteiger partial charge in [-0.05, 0) is 25.0 Å². The Morgan fingerprint density at radius 1 is 1.32 bits per heavy atom. The number of pyridine rings is 1. The second-order valence-corrected chi connectivity index (χ2v) is 4.78. The first kappa shape index (κ1) is 13.6. The molecular formula is C15H19FN2O. The summed E-state index contributed by atoms with van der Waals surface area (Å²) in [5.41, 5.74) is 2.56. The van der Waals surface area contributed by atoms with Crippen molar-refractivity contribution in [3.05, 3.63) is 29.7 Å². The largest absolute Gasteiger partial charge is 0.494 e. The van der Waals surface area contributed by atoms with Crippen molar-refractivity contribution in [2.75, 3.05) is 19.0 Å². The molecule has 2 aromatic rings. The molecule has 0 spiro atoms. The molecule has 2 rings (SSSR count). The van der Waals surface area contributed by atoms with Crippen molar-refractivity contribution in [2.24, 2.45) is 0 Å². The zero-order valence-corrected chi connectivity index (χ0v) is 11.7. The Hall–Kier alpha value is -1.84. The first-order chi connectivity index (χ1) is 9.06. The van der Waals surface area contributed by atoms with Crippen molar-refractivity contribution in [3.8, 4) is 5.75 Å². The van der Waals surface area contributed by atoms with Gasteiger partial charge in [-0.3, -0.25) is 0 Å². The van der Waals surface area contributed by atoms with E-state index in [0.717, 1.165) is 23.3 Å². The molecular weight excluding hydrogens is 243 g/mol. The Kier molecular flexibility index (Phi) is 3.88. The predicted molar refractivity (Wildman–Crippen MR) is 76.5 cm³/mol. The maximum Gasteiger partial charge on any atom is 0.148 e. The second-order valence-electron chi connectivity index (χ2n) is 4.78. The number of fused-ring (bicyclic) bond motifs is 1. The highest BCUT2D eigenvalue weighted by Crippen LogP contribution is 2.32. The predicted octanol–water partition coefficient (Wildman–Crippen LogP) is 3.94. The minimum atomic E-state index is -0.317. The SMILES string of the molecule is CCNc1cc(C(C)C)nc2c(OC)cc(F)cc12. The molecule has 0 unspecified atom stereocenters. The van der Waals surface area contributed by atoms with Crippen LogP contribution in [0.1, 0.15) is 32.4 Å².